The van der Waals surface area contributed by atoms with E-state index in [9.17, 15) is 13.2 Å². The predicted molar refractivity (Wildman–Crippen MR) is 126 cm³/mol. The monoisotopic (exact) mass is 500 g/mol. The van der Waals surface area contributed by atoms with E-state index in [2.05, 4.69) is 25.2 Å². The first-order chi connectivity index (χ1) is 17.0. The summed E-state index contributed by atoms with van der Waals surface area (Å²) in [4.78, 5) is 23.5. The zero-order valence-corrected chi connectivity index (χ0v) is 19.0. The Hall–Kier alpha value is -3.71. The molecule has 4 aromatic heterocycles. The zero-order valence-electron chi connectivity index (χ0n) is 18.2. The highest BCUT2D eigenvalue weighted by atomic mass is 32.1. The Bertz CT molecular complexity index is 1490. The van der Waals surface area contributed by atoms with E-state index in [1.54, 1.807) is 17.7 Å². The van der Waals surface area contributed by atoms with E-state index in [4.69, 9.17) is 14.7 Å². The molecular formula is C22H19F3N8OS. The van der Waals surface area contributed by atoms with E-state index in [0.29, 0.717) is 60.6 Å². The number of halogens is 3. The summed E-state index contributed by atoms with van der Waals surface area (Å²) >= 11 is 1.58. The van der Waals surface area contributed by atoms with Crippen molar-refractivity contribution in [2.45, 2.75) is 12.7 Å². The molecule has 0 atom stereocenters. The Morgan fingerprint density at radius 2 is 1.97 bits per heavy atom. The van der Waals surface area contributed by atoms with Gasteiger partial charge in [-0.15, -0.1) is 0 Å². The number of imidazole rings is 2. The van der Waals surface area contributed by atoms with Gasteiger partial charge in [0.05, 0.1) is 42.0 Å². The van der Waals surface area contributed by atoms with Crippen LogP contribution in [-0.2, 0) is 17.5 Å². The molecule has 1 fully saturated rings. The summed E-state index contributed by atoms with van der Waals surface area (Å²) in [5, 5.41) is 7.24. The Labute approximate surface area is 200 Å². The lowest BCUT2D eigenvalue weighted by atomic mass is 10.2. The fourth-order valence-electron chi connectivity index (χ4n) is 3.99. The number of anilines is 2. The molecule has 2 N–H and O–H groups in total. The number of fused-ring (bicyclic) bond motifs is 2. The molecule has 0 amide bonds. The van der Waals surface area contributed by atoms with Crippen LogP contribution in [0.5, 0.6) is 0 Å². The number of ether oxygens (including phenoxy) is 1. The van der Waals surface area contributed by atoms with Crippen molar-refractivity contribution in [2.75, 3.05) is 36.5 Å². The highest BCUT2D eigenvalue weighted by Gasteiger charge is 2.30. The minimum atomic E-state index is -4.42. The molecule has 0 aliphatic carbocycles. The fraction of sp³-hybridized carbons (Fsp3) is 0.273. The van der Waals surface area contributed by atoms with Gasteiger partial charge < -0.3 is 19.9 Å². The third-order valence-corrected chi connectivity index (χ3v) is 6.42. The van der Waals surface area contributed by atoms with E-state index in [0.717, 1.165) is 17.8 Å². The molecule has 0 radical (unpaired) electrons. The SMILES string of the molecule is FC(F)(F)c1ccc2[nH]c(CNc3nc(N4CCOCC4)nc4c3ncn4-c3ccsc3)nc2c1. The molecule has 1 aromatic carbocycles. The lowest BCUT2D eigenvalue weighted by molar-refractivity contribution is -0.137. The second-order valence-corrected chi connectivity index (χ2v) is 8.79. The third-order valence-electron chi connectivity index (χ3n) is 5.75. The normalized spacial score (nSPS) is 14.8. The van der Waals surface area contributed by atoms with Gasteiger partial charge >= 0.3 is 6.18 Å². The van der Waals surface area contributed by atoms with Crippen LogP contribution in [0.15, 0.2) is 41.4 Å². The maximum absolute atomic E-state index is 13.1. The molecule has 180 valence electrons. The van der Waals surface area contributed by atoms with E-state index in [1.165, 1.54) is 6.07 Å². The Morgan fingerprint density at radius 3 is 2.74 bits per heavy atom. The molecule has 1 aliphatic rings. The average molecular weight is 501 g/mol. The van der Waals surface area contributed by atoms with Gasteiger partial charge in [0.25, 0.3) is 0 Å². The molecule has 35 heavy (non-hydrogen) atoms. The second kappa shape index (κ2) is 8.50. The van der Waals surface area contributed by atoms with Gasteiger partial charge in [-0.05, 0) is 29.6 Å². The number of thiophene rings is 1. The highest BCUT2D eigenvalue weighted by Crippen LogP contribution is 2.31. The van der Waals surface area contributed by atoms with Crippen molar-refractivity contribution in [1.29, 1.82) is 0 Å². The summed E-state index contributed by atoms with van der Waals surface area (Å²) in [6, 6.07) is 5.45. The first-order valence-corrected chi connectivity index (χ1v) is 11.8. The minimum Gasteiger partial charge on any atom is -0.378 e. The number of nitrogens with zero attached hydrogens (tertiary/aromatic N) is 6. The molecule has 0 saturated carbocycles. The van der Waals surface area contributed by atoms with Crippen LogP contribution >= 0.6 is 11.3 Å². The average Bonchev–Trinajstić information content (AvgIpc) is 3.61. The summed E-state index contributed by atoms with van der Waals surface area (Å²) in [5.41, 5.74) is 2.24. The molecular weight excluding hydrogens is 481 g/mol. The summed E-state index contributed by atoms with van der Waals surface area (Å²) in [6.45, 7) is 2.74. The van der Waals surface area contributed by atoms with E-state index in [1.807, 2.05) is 21.4 Å². The number of H-pyrrole nitrogens is 1. The van der Waals surface area contributed by atoms with Gasteiger partial charge in [-0.3, -0.25) is 4.57 Å². The van der Waals surface area contributed by atoms with E-state index < -0.39 is 11.7 Å². The third kappa shape index (κ3) is 4.17. The summed E-state index contributed by atoms with van der Waals surface area (Å²) < 4.78 is 46.5. The van der Waals surface area contributed by atoms with Gasteiger partial charge in [0.2, 0.25) is 5.95 Å². The number of rotatable bonds is 5. The quantitative estimate of drug-likeness (QED) is 0.373. The number of hydrogen-bond donors (Lipinski definition) is 2. The molecule has 1 aliphatic heterocycles. The van der Waals surface area contributed by atoms with E-state index >= 15 is 0 Å². The van der Waals surface area contributed by atoms with Crippen LogP contribution in [0.1, 0.15) is 11.4 Å². The van der Waals surface area contributed by atoms with Crippen molar-refractivity contribution in [3.63, 3.8) is 0 Å². The number of benzene rings is 1. The summed E-state index contributed by atoms with van der Waals surface area (Å²) in [6.07, 6.45) is -2.72. The predicted octanol–water partition coefficient (Wildman–Crippen LogP) is 4.22. The topological polar surface area (TPSA) is 96.8 Å². The molecule has 5 aromatic rings. The van der Waals surface area contributed by atoms with Crippen molar-refractivity contribution in [3.8, 4) is 5.69 Å². The van der Waals surface area contributed by atoms with E-state index in [-0.39, 0.29) is 12.1 Å². The maximum Gasteiger partial charge on any atom is 0.416 e. The van der Waals surface area contributed by atoms with Gasteiger partial charge in [0, 0.05) is 18.5 Å². The molecule has 9 nitrogen and oxygen atoms in total. The largest absolute Gasteiger partial charge is 0.416 e. The van der Waals surface area contributed by atoms with Crippen LogP contribution in [0, 0.1) is 0 Å². The number of nitrogens with one attached hydrogen (secondary N) is 2. The zero-order chi connectivity index (χ0) is 24.0. The number of morpholine rings is 1. The van der Waals surface area contributed by atoms with Crippen molar-refractivity contribution >= 4 is 45.3 Å². The minimum absolute atomic E-state index is 0.218. The maximum atomic E-state index is 13.1. The molecule has 0 spiro atoms. The lowest BCUT2D eigenvalue weighted by Crippen LogP contribution is -2.37. The van der Waals surface area contributed by atoms with Crippen LogP contribution < -0.4 is 10.2 Å². The summed E-state index contributed by atoms with van der Waals surface area (Å²) in [5.74, 6) is 1.55. The van der Waals surface area contributed by atoms with Crippen molar-refractivity contribution in [3.05, 3.63) is 52.7 Å². The molecule has 13 heteroatoms. The molecule has 5 heterocycles. The molecule has 1 saturated heterocycles. The second-order valence-electron chi connectivity index (χ2n) is 8.01. The van der Waals surface area contributed by atoms with Gasteiger partial charge in [0.15, 0.2) is 17.0 Å². The van der Waals surface area contributed by atoms with Crippen LogP contribution in [0.4, 0.5) is 24.9 Å². The number of aromatic amines is 1. The van der Waals surface area contributed by atoms with Crippen molar-refractivity contribution in [2.24, 2.45) is 0 Å². The Morgan fingerprint density at radius 1 is 1.11 bits per heavy atom. The fourth-order valence-corrected chi connectivity index (χ4v) is 4.61. The van der Waals surface area contributed by atoms with Gasteiger partial charge in [-0.1, -0.05) is 0 Å². The highest BCUT2D eigenvalue weighted by molar-refractivity contribution is 7.08. The van der Waals surface area contributed by atoms with Gasteiger partial charge in [0.1, 0.15) is 12.2 Å². The van der Waals surface area contributed by atoms with Crippen LogP contribution in [0.2, 0.25) is 0 Å². The molecule has 0 unspecified atom stereocenters. The number of alkyl halides is 3. The first kappa shape index (κ1) is 21.8. The smallest absolute Gasteiger partial charge is 0.378 e. The number of aromatic nitrogens is 6. The molecule has 0 bridgehead atoms. The van der Waals surface area contributed by atoms with Crippen LogP contribution in [0.25, 0.3) is 27.9 Å². The van der Waals surface area contributed by atoms with Gasteiger partial charge in [-0.25, -0.2) is 9.97 Å². The molecule has 6 rings (SSSR count). The Kier molecular flexibility index (Phi) is 5.29. The number of hydrogen-bond acceptors (Lipinski definition) is 8. The van der Waals surface area contributed by atoms with Crippen molar-refractivity contribution in [1.82, 2.24) is 29.5 Å². The first-order valence-electron chi connectivity index (χ1n) is 10.9. The Balaban J connectivity index is 1.35. The van der Waals surface area contributed by atoms with Crippen LogP contribution in [0.3, 0.4) is 0 Å². The standard InChI is InChI=1S/C22H19F3N8OS/c23-22(24,25)13-1-2-15-16(9-13)29-17(28-15)10-26-19-18-20(33(12-27-18)14-3-8-35-11-14)31-21(30-19)32-4-6-34-7-5-32/h1-3,8-9,11-12H,4-7,10H2,(H,28,29)(H,26,30,31). The van der Waals surface area contributed by atoms with Gasteiger partial charge in [-0.2, -0.15) is 34.5 Å². The van der Waals surface area contributed by atoms with Crippen molar-refractivity contribution < 1.29 is 17.9 Å². The summed E-state index contributed by atoms with van der Waals surface area (Å²) in [7, 11) is 0. The lowest BCUT2D eigenvalue weighted by Gasteiger charge is -2.27. The van der Waals surface area contributed by atoms with Crippen LogP contribution in [-0.4, -0.2) is 55.8 Å².